The van der Waals surface area contributed by atoms with Crippen LogP contribution in [0.1, 0.15) is 28.5 Å². The second-order valence-corrected chi connectivity index (χ2v) is 8.52. The molecule has 1 N–H and O–H groups in total. The highest BCUT2D eigenvalue weighted by Gasteiger charge is 2.32. The van der Waals surface area contributed by atoms with Gasteiger partial charge >= 0.3 is 0 Å². The summed E-state index contributed by atoms with van der Waals surface area (Å²) in [5.41, 5.74) is 2.53. The minimum absolute atomic E-state index is 0.0948. The molecule has 0 radical (unpaired) electrons. The number of fused-ring (bicyclic) bond motifs is 1. The highest BCUT2D eigenvalue weighted by Crippen LogP contribution is 2.42. The van der Waals surface area contributed by atoms with Gasteiger partial charge in [0.25, 0.3) is 0 Å². The molecule has 0 aliphatic carbocycles. The number of hydrogen-bond acceptors (Lipinski definition) is 5. The molecule has 0 fully saturated rings. The van der Waals surface area contributed by atoms with Crippen LogP contribution in [0, 0.1) is 0 Å². The monoisotopic (exact) mass is 419 g/mol. The largest absolute Gasteiger partial charge is 0.493 e. The van der Waals surface area contributed by atoms with Gasteiger partial charge in [-0.2, -0.15) is 0 Å². The van der Waals surface area contributed by atoms with Gasteiger partial charge in [-0.1, -0.05) is 6.07 Å². The zero-order chi connectivity index (χ0) is 20.1. The van der Waals surface area contributed by atoms with Gasteiger partial charge in [0.2, 0.25) is 0 Å². The van der Waals surface area contributed by atoms with Crippen molar-refractivity contribution in [2.45, 2.75) is 18.9 Å². The molecule has 1 aliphatic heterocycles. The average Bonchev–Trinajstić information content (AvgIpc) is 3.23. The second kappa shape index (κ2) is 9.58. The second-order valence-electron chi connectivity index (χ2n) is 7.16. The fraction of sp³-hybridized carbons (Fsp3) is 0.476. The number of thiophene rings is 1. The Labute approximate surface area is 177 Å². The molecule has 1 aromatic heterocycles. The number of methoxy groups -OCH3 is 2. The SMILES string of the molecule is COc1cc2c(cc1OC)[C@H](c1cccs1)N(C(=S)NCCCN(C)C)CC2. The molecule has 2 heterocycles. The zero-order valence-electron chi connectivity index (χ0n) is 17.0. The van der Waals surface area contributed by atoms with E-state index in [0.717, 1.165) is 49.1 Å². The van der Waals surface area contributed by atoms with Gasteiger partial charge in [-0.25, -0.2) is 0 Å². The summed E-state index contributed by atoms with van der Waals surface area (Å²) in [6, 6.07) is 8.60. The van der Waals surface area contributed by atoms with Gasteiger partial charge in [-0.15, -0.1) is 11.3 Å². The van der Waals surface area contributed by atoms with Crippen molar-refractivity contribution in [2.24, 2.45) is 0 Å². The number of nitrogens with zero attached hydrogens (tertiary/aromatic N) is 2. The third-order valence-corrected chi connectivity index (χ3v) is 6.31. The summed E-state index contributed by atoms with van der Waals surface area (Å²) in [6.45, 7) is 2.80. The first kappa shape index (κ1) is 20.9. The maximum absolute atomic E-state index is 5.79. The molecule has 0 unspecified atom stereocenters. The van der Waals surface area contributed by atoms with Crippen LogP contribution in [0.25, 0.3) is 0 Å². The molecule has 7 heteroatoms. The summed E-state index contributed by atoms with van der Waals surface area (Å²) >= 11 is 7.55. The number of thiocarbonyl (C=S) groups is 1. The Morgan fingerprint density at radius 3 is 2.68 bits per heavy atom. The molecular formula is C21H29N3O2S2. The zero-order valence-corrected chi connectivity index (χ0v) is 18.7. The van der Waals surface area contributed by atoms with E-state index in [1.807, 2.05) is 0 Å². The topological polar surface area (TPSA) is 37.0 Å². The molecule has 28 heavy (non-hydrogen) atoms. The van der Waals surface area contributed by atoms with Crippen LogP contribution in [-0.2, 0) is 6.42 Å². The van der Waals surface area contributed by atoms with E-state index < -0.39 is 0 Å². The molecule has 5 nitrogen and oxygen atoms in total. The summed E-state index contributed by atoms with van der Waals surface area (Å²) in [5.74, 6) is 1.54. The summed E-state index contributed by atoms with van der Waals surface area (Å²) < 4.78 is 11.1. The Balaban J connectivity index is 1.87. The molecular weight excluding hydrogens is 390 g/mol. The lowest BCUT2D eigenvalue weighted by Crippen LogP contribution is -2.46. The molecule has 1 atom stereocenters. The van der Waals surface area contributed by atoms with E-state index >= 15 is 0 Å². The standard InChI is InChI=1S/C21H29N3O2S2/c1-23(2)10-6-9-22-21(27)24-11-8-15-13-17(25-3)18(26-4)14-16(15)20(24)19-7-5-12-28-19/h5,7,12-14,20H,6,8-11H2,1-4H3,(H,22,27)/t20-/m1/s1. The number of ether oxygens (including phenoxy) is 2. The van der Waals surface area contributed by atoms with Gasteiger partial charge in [0, 0.05) is 18.0 Å². The normalized spacial score (nSPS) is 16.0. The lowest BCUT2D eigenvalue weighted by atomic mass is 9.91. The van der Waals surface area contributed by atoms with Crippen molar-refractivity contribution in [1.82, 2.24) is 15.1 Å². The molecule has 0 bridgehead atoms. The van der Waals surface area contributed by atoms with Crippen molar-refractivity contribution in [2.75, 3.05) is 47.9 Å². The smallest absolute Gasteiger partial charge is 0.169 e. The molecule has 152 valence electrons. The first-order valence-electron chi connectivity index (χ1n) is 9.52. The Bertz CT molecular complexity index is 793. The summed E-state index contributed by atoms with van der Waals surface area (Å²) in [7, 11) is 7.55. The van der Waals surface area contributed by atoms with Gasteiger partial charge in [-0.3, -0.25) is 0 Å². The maximum atomic E-state index is 5.79. The molecule has 0 saturated carbocycles. The summed E-state index contributed by atoms with van der Waals surface area (Å²) in [5, 5.41) is 6.40. The van der Waals surface area contributed by atoms with Crippen molar-refractivity contribution >= 4 is 28.7 Å². The minimum atomic E-state index is 0.0948. The van der Waals surface area contributed by atoms with E-state index in [-0.39, 0.29) is 6.04 Å². The molecule has 0 amide bonds. The van der Waals surface area contributed by atoms with E-state index in [1.165, 1.54) is 16.0 Å². The van der Waals surface area contributed by atoms with E-state index in [1.54, 1.807) is 25.6 Å². The molecule has 3 rings (SSSR count). The third-order valence-electron chi connectivity index (χ3n) is 5.01. The Morgan fingerprint density at radius 2 is 2.04 bits per heavy atom. The predicted octanol–water partition coefficient (Wildman–Crippen LogP) is 3.54. The van der Waals surface area contributed by atoms with Crippen LogP contribution >= 0.6 is 23.6 Å². The number of benzene rings is 1. The lowest BCUT2D eigenvalue weighted by Gasteiger charge is -2.39. The van der Waals surface area contributed by atoms with E-state index in [9.17, 15) is 0 Å². The Hall–Kier alpha value is -1.83. The van der Waals surface area contributed by atoms with Gasteiger partial charge in [0.1, 0.15) is 0 Å². The average molecular weight is 420 g/mol. The van der Waals surface area contributed by atoms with Gasteiger partial charge in [-0.05, 0) is 80.4 Å². The predicted molar refractivity (Wildman–Crippen MR) is 120 cm³/mol. The quantitative estimate of drug-likeness (QED) is 0.547. The number of rotatable bonds is 7. The van der Waals surface area contributed by atoms with Crippen LogP contribution in [0.2, 0.25) is 0 Å². The Kier molecular flexibility index (Phi) is 7.15. The van der Waals surface area contributed by atoms with Crippen LogP contribution in [0.3, 0.4) is 0 Å². The van der Waals surface area contributed by atoms with Crippen LogP contribution < -0.4 is 14.8 Å². The first-order valence-corrected chi connectivity index (χ1v) is 10.8. The van der Waals surface area contributed by atoms with Gasteiger partial charge in [0.15, 0.2) is 16.6 Å². The van der Waals surface area contributed by atoms with Crippen molar-refractivity contribution in [3.8, 4) is 11.5 Å². The highest BCUT2D eigenvalue weighted by atomic mass is 32.1. The molecule has 0 saturated heterocycles. The maximum Gasteiger partial charge on any atom is 0.169 e. The van der Waals surface area contributed by atoms with E-state index in [2.05, 4.69) is 58.9 Å². The molecule has 1 aromatic carbocycles. The third kappa shape index (κ3) is 4.59. The molecule has 1 aliphatic rings. The molecule has 2 aromatic rings. The fourth-order valence-corrected chi connectivity index (χ4v) is 4.76. The van der Waals surface area contributed by atoms with E-state index in [4.69, 9.17) is 21.7 Å². The molecule has 0 spiro atoms. The van der Waals surface area contributed by atoms with Crippen molar-refractivity contribution in [3.63, 3.8) is 0 Å². The van der Waals surface area contributed by atoms with Crippen molar-refractivity contribution in [1.29, 1.82) is 0 Å². The summed E-state index contributed by atoms with van der Waals surface area (Å²) in [6.07, 6.45) is 1.99. The van der Waals surface area contributed by atoms with Crippen molar-refractivity contribution in [3.05, 3.63) is 45.6 Å². The van der Waals surface area contributed by atoms with Crippen LogP contribution in [0.5, 0.6) is 11.5 Å². The lowest BCUT2D eigenvalue weighted by molar-refractivity contribution is 0.325. The van der Waals surface area contributed by atoms with Gasteiger partial charge in [0.05, 0.1) is 20.3 Å². The fourth-order valence-electron chi connectivity index (χ4n) is 3.61. The van der Waals surface area contributed by atoms with Crippen molar-refractivity contribution < 1.29 is 9.47 Å². The van der Waals surface area contributed by atoms with Gasteiger partial charge < -0.3 is 24.6 Å². The summed E-state index contributed by atoms with van der Waals surface area (Å²) in [4.78, 5) is 5.78. The highest BCUT2D eigenvalue weighted by molar-refractivity contribution is 7.80. The van der Waals surface area contributed by atoms with Crippen LogP contribution in [0.4, 0.5) is 0 Å². The number of nitrogens with one attached hydrogen (secondary N) is 1. The van der Waals surface area contributed by atoms with Crippen LogP contribution in [-0.4, -0.2) is 62.9 Å². The minimum Gasteiger partial charge on any atom is -0.493 e. The van der Waals surface area contributed by atoms with E-state index in [0.29, 0.717) is 0 Å². The first-order chi connectivity index (χ1) is 13.5. The van der Waals surface area contributed by atoms with Crippen LogP contribution in [0.15, 0.2) is 29.6 Å². The number of hydrogen-bond donors (Lipinski definition) is 1. The Morgan fingerprint density at radius 1 is 1.29 bits per heavy atom.